The number of methoxy groups -OCH3 is 1. The fourth-order valence-electron chi connectivity index (χ4n) is 1.56. The van der Waals surface area contributed by atoms with Crippen LogP contribution in [0.4, 0.5) is 0 Å². The highest BCUT2D eigenvalue weighted by atomic mass is 16.5. The smallest absolute Gasteiger partial charge is 0.164 e. The molecule has 0 amide bonds. The second kappa shape index (κ2) is 3.76. The highest BCUT2D eigenvalue weighted by Gasteiger charge is 2.32. The summed E-state index contributed by atoms with van der Waals surface area (Å²) < 4.78 is 5.15. The molecule has 1 saturated carbocycles. The highest BCUT2D eigenvalue weighted by Crippen LogP contribution is 2.27. The van der Waals surface area contributed by atoms with Crippen molar-refractivity contribution in [3.05, 3.63) is 41.5 Å². The van der Waals surface area contributed by atoms with Crippen molar-refractivity contribution < 1.29 is 9.53 Å². The summed E-state index contributed by atoms with van der Waals surface area (Å²) in [4.78, 5) is 11.3. The molecule has 0 aromatic heterocycles. The van der Waals surface area contributed by atoms with Crippen LogP contribution in [-0.2, 0) is 9.53 Å². The SMILES string of the molecule is CO[C@@H]1CC(=O)/C1=C/c1ccccc1. The predicted octanol–water partition coefficient (Wildman–Crippen LogP) is 2.06. The van der Waals surface area contributed by atoms with Gasteiger partial charge in [0.15, 0.2) is 5.78 Å². The van der Waals surface area contributed by atoms with Crippen LogP contribution in [0.2, 0.25) is 0 Å². The van der Waals surface area contributed by atoms with E-state index in [0.717, 1.165) is 11.1 Å². The highest BCUT2D eigenvalue weighted by molar-refractivity contribution is 6.07. The summed E-state index contributed by atoms with van der Waals surface area (Å²) >= 11 is 0. The Morgan fingerprint density at radius 1 is 1.36 bits per heavy atom. The van der Waals surface area contributed by atoms with Crippen molar-refractivity contribution in [2.24, 2.45) is 0 Å². The minimum Gasteiger partial charge on any atom is -0.376 e. The fraction of sp³-hybridized carbons (Fsp3) is 0.250. The first-order valence-corrected chi connectivity index (χ1v) is 4.64. The molecule has 1 aromatic rings. The van der Waals surface area contributed by atoms with Crippen LogP contribution < -0.4 is 0 Å². The maximum atomic E-state index is 11.3. The predicted molar refractivity (Wildman–Crippen MR) is 54.8 cm³/mol. The van der Waals surface area contributed by atoms with Crippen LogP contribution in [0.25, 0.3) is 6.08 Å². The van der Waals surface area contributed by atoms with Gasteiger partial charge in [-0.2, -0.15) is 0 Å². The zero-order chi connectivity index (χ0) is 9.97. The van der Waals surface area contributed by atoms with Gasteiger partial charge in [0.1, 0.15) is 0 Å². The van der Waals surface area contributed by atoms with Crippen molar-refractivity contribution in [2.75, 3.05) is 7.11 Å². The van der Waals surface area contributed by atoms with Gasteiger partial charge in [0, 0.05) is 19.1 Å². The van der Waals surface area contributed by atoms with Gasteiger partial charge in [-0.3, -0.25) is 4.79 Å². The number of benzene rings is 1. The lowest BCUT2D eigenvalue weighted by Gasteiger charge is -2.26. The van der Waals surface area contributed by atoms with E-state index >= 15 is 0 Å². The third-order valence-electron chi connectivity index (χ3n) is 2.45. The first kappa shape index (κ1) is 9.16. The van der Waals surface area contributed by atoms with Crippen LogP contribution in [0.15, 0.2) is 35.9 Å². The van der Waals surface area contributed by atoms with E-state index in [-0.39, 0.29) is 11.9 Å². The van der Waals surface area contributed by atoms with Crippen LogP contribution in [0.5, 0.6) is 0 Å². The number of hydrogen-bond donors (Lipinski definition) is 0. The Labute approximate surface area is 83.2 Å². The molecule has 0 saturated heterocycles. The minimum atomic E-state index is 0.00251. The van der Waals surface area contributed by atoms with Gasteiger partial charge in [-0.15, -0.1) is 0 Å². The summed E-state index contributed by atoms with van der Waals surface area (Å²) in [5.74, 6) is 0.195. The molecule has 0 bridgehead atoms. The van der Waals surface area contributed by atoms with E-state index in [1.54, 1.807) is 7.11 Å². The number of rotatable bonds is 2. The monoisotopic (exact) mass is 188 g/mol. The molecule has 0 heterocycles. The van der Waals surface area contributed by atoms with E-state index in [1.165, 1.54) is 0 Å². The van der Waals surface area contributed by atoms with Crippen molar-refractivity contribution >= 4 is 11.9 Å². The molecule has 1 aliphatic carbocycles. The van der Waals surface area contributed by atoms with E-state index < -0.39 is 0 Å². The molecule has 1 aliphatic rings. The van der Waals surface area contributed by atoms with Gasteiger partial charge in [0.05, 0.1) is 6.10 Å². The molecule has 0 unspecified atom stereocenters. The molecule has 1 atom stereocenters. The largest absolute Gasteiger partial charge is 0.376 e. The molecule has 2 rings (SSSR count). The summed E-state index contributed by atoms with van der Waals surface area (Å²) in [5, 5.41) is 0. The molecular formula is C12H12O2. The lowest BCUT2D eigenvalue weighted by atomic mass is 9.85. The number of Topliss-reactive ketones (excluding diaryl/α,β-unsaturated/α-hetero) is 1. The van der Waals surface area contributed by atoms with Crippen molar-refractivity contribution in [3.8, 4) is 0 Å². The molecule has 2 heteroatoms. The Balaban J connectivity index is 2.22. The average Bonchev–Trinajstić information content (AvgIpc) is 2.24. The second-order valence-electron chi connectivity index (χ2n) is 3.36. The van der Waals surface area contributed by atoms with Gasteiger partial charge >= 0.3 is 0 Å². The van der Waals surface area contributed by atoms with Gasteiger partial charge < -0.3 is 4.74 Å². The normalized spacial score (nSPS) is 23.6. The topological polar surface area (TPSA) is 26.3 Å². The van der Waals surface area contributed by atoms with Crippen molar-refractivity contribution in [2.45, 2.75) is 12.5 Å². The number of carbonyl (C=O) groups is 1. The molecule has 0 spiro atoms. The van der Waals surface area contributed by atoms with Crippen LogP contribution in [0, 0.1) is 0 Å². The zero-order valence-electron chi connectivity index (χ0n) is 8.07. The first-order chi connectivity index (χ1) is 6.81. The van der Waals surface area contributed by atoms with E-state index in [1.807, 2.05) is 36.4 Å². The Bertz CT molecular complexity index is 365. The van der Waals surface area contributed by atoms with E-state index in [2.05, 4.69) is 0 Å². The van der Waals surface area contributed by atoms with Crippen LogP contribution >= 0.6 is 0 Å². The molecule has 14 heavy (non-hydrogen) atoms. The first-order valence-electron chi connectivity index (χ1n) is 4.64. The Hall–Kier alpha value is -1.41. The molecular weight excluding hydrogens is 176 g/mol. The van der Waals surface area contributed by atoms with Crippen LogP contribution in [-0.4, -0.2) is 19.0 Å². The molecule has 1 aromatic carbocycles. The van der Waals surface area contributed by atoms with Gasteiger partial charge in [0.25, 0.3) is 0 Å². The Kier molecular flexibility index (Phi) is 2.46. The van der Waals surface area contributed by atoms with Crippen LogP contribution in [0.3, 0.4) is 0 Å². The van der Waals surface area contributed by atoms with E-state index in [9.17, 15) is 4.79 Å². The number of ether oxygens (including phenoxy) is 1. The minimum absolute atomic E-state index is 0.00251. The van der Waals surface area contributed by atoms with Gasteiger partial charge in [-0.05, 0) is 11.6 Å². The quantitative estimate of drug-likeness (QED) is 0.664. The summed E-state index contributed by atoms with van der Waals surface area (Å²) in [6.07, 6.45) is 2.43. The molecule has 0 aliphatic heterocycles. The summed E-state index contributed by atoms with van der Waals surface area (Å²) in [5.41, 5.74) is 1.84. The summed E-state index contributed by atoms with van der Waals surface area (Å²) in [7, 11) is 1.63. The van der Waals surface area contributed by atoms with Gasteiger partial charge in [0.2, 0.25) is 0 Å². The average molecular weight is 188 g/mol. The number of ketones is 1. The van der Waals surface area contributed by atoms with E-state index in [4.69, 9.17) is 4.74 Å². The van der Waals surface area contributed by atoms with Crippen LogP contribution in [0.1, 0.15) is 12.0 Å². The maximum absolute atomic E-state index is 11.3. The Morgan fingerprint density at radius 3 is 2.64 bits per heavy atom. The van der Waals surface area contributed by atoms with Crippen molar-refractivity contribution in [3.63, 3.8) is 0 Å². The van der Waals surface area contributed by atoms with Gasteiger partial charge in [-0.1, -0.05) is 30.3 Å². The van der Waals surface area contributed by atoms with Crippen molar-refractivity contribution in [1.29, 1.82) is 0 Å². The summed E-state index contributed by atoms with van der Waals surface area (Å²) in [6.45, 7) is 0. The number of hydrogen-bond acceptors (Lipinski definition) is 2. The molecule has 0 radical (unpaired) electrons. The summed E-state index contributed by atoms with van der Waals surface area (Å²) in [6, 6.07) is 9.82. The third-order valence-corrected chi connectivity index (χ3v) is 2.45. The fourth-order valence-corrected chi connectivity index (χ4v) is 1.56. The molecule has 2 nitrogen and oxygen atoms in total. The lowest BCUT2D eigenvalue weighted by Crippen LogP contribution is -2.34. The van der Waals surface area contributed by atoms with E-state index in [0.29, 0.717) is 6.42 Å². The lowest BCUT2D eigenvalue weighted by molar-refractivity contribution is -0.124. The molecule has 1 fully saturated rings. The van der Waals surface area contributed by atoms with Crippen molar-refractivity contribution in [1.82, 2.24) is 0 Å². The second-order valence-corrected chi connectivity index (χ2v) is 3.36. The zero-order valence-corrected chi connectivity index (χ0v) is 8.07. The Morgan fingerprint density at radius 2 is 2.07 bits per heavy atom. The number of carbonyl (C=O) groups excluding carboxylic acids is 1. The molecule has 0 N–H and O–H groups in total. The molecule has 72 valence electrons. The maximum Gasteiger partial charge on any atom is 0.164 e. The van der Waals surface area contributed by atoms with Gasteiger partial charge in [-0.25, -0.2) is 0 Å². The third kappa shape index (κ3) is 1.61. The standard InChI is InChI=1S/C12H12O2/c1-14-12-8-11(13)10(12)7-9-5-3-2-4-6-9/h2-7,12H,8H2,1H3/b10-7-/t12-/m1/s1.